The smallest absolute Gasteiger partial charge is 0.0414 e. The Morgan fingerprint density at radius 2 is 2.14 bits per heavy atom. The molecule has 0 N–H and O–H groups in total. The molecule has 1 aliphatic heterocycles. The predicted molar refractivity (Wildman–Crippen MR) is 62.9 cm³/mol. The molecule has 1 saturated carbocycles. The van der Waals surface area contributed by atoms with Gasteiger partial charge in [0.25, 0.3) is 0 Å². The number of fused-ring (bicyclic) bond motifs is 2. The van der Waals surface area contributed by atoms with Crippen LogP contribution in [0.4, 0.5) is 5.69 Å². The Hall–Kier alpha value is -0.500. The van der Waals surface area contributed by atoms with E-state index in [1.165, 1.54) is 36.0 Å². The molecule has 1 aliphatic carbocycles. The van der Waals surface area contributed by atoms with Gasteiger partial charge in [0.2, 0.25) is 0 Å². The standard InChI is InChI=1S/C12H14BrN/c1-14-8-12(5-2-6-12)10-4-3-9(13)7-11(10)14/h3-4,7H,2,5-6,8H2,1H3. The average Bonchev–Trinajstić information content (AvgIpc) is 2.39. The zero-order chi connectivity index (χ0) is 9.76. The molecule has 3 rings (SSSR count). The fourth-order valence-electron chi connectivity index (χ4n) is 2.92. The zero-order valence-electron chi connectivity index (χ0n) is 8.39. The van der Waals surface area contributed by atoms with Gasteiger partial charge in [-0.25, -0.2) is 0 Å². The number of nitrogens with zero attached hydrogens (tertiary/aromatic N) is 1. The molecule has 2 heteroatoms. The van der Waals surface area contributed by atoms with E-state index in [0.717, 1.165) is 0 Å². The van der Waals surface area contributed by atoms with Crippen LogP contribution < -0.4 is 4.90 Å². The molecular formula is C12H14BrN. The Labute approximate surface area is 93.2 Å². The van der Waals surface area contributed by atoms with Crippen LogP contribution in [0.3, 0.4) is 0 Å². The molecule has 0 saturated heterocycles. The van der Waals surface area contributed by atoms with Gasteiger partial charge in [0.1, 0.15) is 0 Å². The second-order valence-electron chi connectivity index (χ2n) is 4.65. The predicted octanol–water partition coefficient (Wildman–Crippen LogP) is 3.32. The minimum absolute atomic E-state index is 0.519. The summed E-state index contributed by atoms with van der Waals surface area (Å²) in [6.45, 7) is 1.22. The molecular weight excluding hydrogens is 238 g/mol. The fourth-order valence-corrected chi connectivity index (χ4v) is 3.27. The molecule has 14 heavy (non-hydrogen) atoms. The summed E-state index contributed by atoms with van der Waals surface area (Å²) in [4.78, 5) is 2.40. The van der Waals surface area contributed by atoms with Crippen LogP contribution >= 0.6 is 15.9 Å². The molecule has 0 atom stereocenters. The summed E-state index contributed by atoms with van der Waals surface area (Å²) in [5, 5.41) is 0. The first kappa shape index (κ1) is 8.78. The van der Waals surface area contributed by atoms with Crippen molar-refractivity contribution in [3.8, 4) is 0 Å². The molecule has 1 fully saturated rings. The molecule has 0 amide bonds. The Balaban J connectivity index is 2.14. The first-order valence-electron chi connectivity index (χ1n) is 5.22. The highest BCUT2D eigenvalue weighted by Gasteiger charge is 2.45. The Morgan fingerprint density at radius 1 is 1.36 bits per heavy atom. The van der Waals surface area contributed by atoms with Crippen molar-refractivity contribution in [2.75, 3.05) is 18.5 Å². The van der Waals surface area contributed by atoms with Crippen molar-refractivity contribution in [1.82, 2.24) is 0 Å². The van der Waals surface area contributed by atoms with Gasteiger partial charge in [0, 0.05) is 29.2 Å². The zero-order valence-corrected chi connectivity index (χ0v) is 9.97. The highest BCUT2D eigenvalue weighted by molar-refractivity contribution is 9.10. The summed E-state index contributed by atoms with van der Waals surface area (Å²) in [7, 11) is 2.21. The number of halogens is 1. The van der Waals surface area contributed by atoms with Crippen molar-refractivity contribution >= 4 is 21.6 Å². The molecule has 1 aromatic rings. The maximum absolute atomic E-state index is 3.54. The lowest BCUT2D eigenvalue weighted by Crippen LogP contribution is -2.38. The van der Waals surface area contributed by atoms with E-state index in [0.29, 0.717) is 5.41 Å². The van der Waals surface area contributed by atoms with Crippen LogP contribution in [0.25, 0.3) is 0 Å². The highest BCUT2D eigenvalue weighted by Crippen LogP contribution is 2.52. The lowest BCUT2D eigenvalue weighted by Gasteiger charge is -2.38. The van der Waals surface area contributed by atoms with Crippen molar-refractivity contribution in [1.29, 1.82) is 0 Å². The lowest BCUT2D eigenvalue weighted by molar-refractivity contribution is 0.265. The number of hydrogen-bond acceptors (Lipinski definition) is 1. The summed E-state index contributed by atoms with van der Waals surface area (Å²) in [5.41, 5.74) is 3.53. The van der Waals surface area contributed by atoms with Crippen LogP contribution in [-0.4, -0.2) is 13.6 Å². The third-order valence-corrected chi connectivity index (χ3v) is 4.29. The minimum Gasteiger partial charge on any atom is -0.373 e. The quantitative estimate of drug-likeness (QED) is 0.684. The number of hydrogen-bond donors (Lipinski definition) is 0. The van der Waals surface area contributed by atoms with E-state index in [2.05, 4.69) is 46.1 Å². The van der Waals surface area contributed by atoms with Gasteiger partial charge in [-0.3, -0.25) is 0 Å². The summed E-state index contributed by atoms with van der Waals surface area (Å²) in [5.74, 6) is 0. The molecule has 0 unspecified atom stereocenters. The van der Waals surface area contributed by atoms with Gasteiger partial charge in [0.15, 0.2) is 0 Å². The molecule has 1 aromatic carbocycles. The van der Waals surface area contributed by atoms with Crippen molar-refractivity contribution < 1.29 is 0 Å². The van der Waals surface area contributed by atoms with E-state index in [1.807, 2.05) is 0 Å². The maximum Gasteiger partial charge on any atom is 0.0414 e. The van der Waals surface area contributed by atoms with Gasteiger partial charge in [-0.15, -0.1) is 0 Å². The lowest BCUT2D eigenvalue weighted by atomic mass is 9.66. The monoisotopic (exact) mass is 251 g/mol. The second kappa shape index (κ2) is 2.75. The first-order valence-corrected chi connectivity index (χ1v) is 6.02. The number of rotatable bonds is 0. The van der Waals surface area contributed by atoms with Crippen molar-refractivity contribution in [2.24, 2.45) is 0 Å². The number of likely N-dealkylation sites (N-methyl/N-ethyl adjacent to an activating group) is 1. The summed E-state index contributed by atoms with van der Waals surface area (Å²) in [6.07, 6.45) is 4.17. The highest BCUT2D eigenvalue weighted by atomic mass is 79.9. The van der Waals surface area contributed by atoms with Gasteiger partial charge in [0.05, 0.1) is 0 Å². The maximum atomic E-state index is 3.54. The molecule has 74 valence electrons. The summed E-state index contributed by atoms with van der Waals surface area (Å²) >= 11 is 3.54. The Morgan fingerprint density at radius 3 is 2.79 bits per heavy atom. The van der Waals surface area contributed by atoms with Crippen molar-refractivity contribution in [3.63, 3.8) is 0 Å². The van der Waals surface area contributed by atoms with Crippen LogP contribution in [0, 0.1) is 0 Å². The van der Waals surface area contributed by atoms with Gasteiger partial charge >= 0.3 is 0 Å². The van der Waals surface area contributed by atoms with Crippen LogP contribution in [0.1, 0.15) is 24.8 Å². The van der Waals surface area contributed by atoms with Crippen molar-refractivity contribution in [3.05, 3.63) is 28.2 Å². The third-order valence-electron chi connectivity index (χ3n) is 3.79. The largest absolute Gasteiger partial charge is 0.373 e. The second-order valence-corrected chi connectivity index (χ2v) is 5.57. The molecule has 1 nitrogen and oxygen atoms in total. The van der Waals surface area contributed by atoms with Crippen LogP contribution in [-0.2, 0) is 5.41 Å². The van der Waals surface area contributed by atoms with Gasteiger partial charge < -0.3 is 4.90 Å². The molecule has 0 bridgehead atoms. The topological polar surface area (TPSA) is 3.24 Å². The molecule has 0 aromatic heterocycles. The van der Waals surface area contributed by atoms with Gasteiger partial charge in [-0.05, 0) is 30.5 Å². The van der Waals surface area contributed by atoms with Crippen LogP contribution in [0.5, 0.6) is 0 Å². The Bertz CT molecular complexity index is 382. The van der Waals surface area contributed by atoms with E-state index in [4.69, 9.17) is 0 Å². The van der Waals surface area contributed by atoms with Gasteiger partial charge in [-0.2, -0.15) is 0 Å². The molecule has 0 radical (unpaired) electrons. The fraction of sp³-hybridized carbons (Fsp3) is 0.500. The normalized spacial score (nSPS) is 22.3. The van der Waals surface area contributed by atoms with Crippen molar-refractivity contribution in [2.45, 2.75) is 24.7 Å². The van der Waals surface area contributed by atoms with Gasteiger partial charge in [-0.1, -0.05) is 28.4 Å². The van der Waals surface area contributed by atoms with Crippen LogP contribution in [0.15, 0.2) is 22.7 Å². The van der Waals surface area contributed by atoms with E-state index in [-0.39, 0.29) is 0 Å². The van der Waals surface area contributed by atoms with Crippen LogP contribution in [0.2, 0.25) is 0 Å². The third kappa shape index (κ3) is 1.01. The van der Waals surface area contributed by atoms with E-state index in [9.17, 15) is 0 Å². The average molecular weight is 252 g/mol. The first-order chi connectivity index (χ1) is 6.71. The molecule has 1 heterocycles. The molecule has 2 aliphatic rings. The number of anilines is 1. The van der Waals surface area contributed by atoms with E-state index in [1.54, 1.807) is 5.56 Å². The SMILES string of the molecule is CN1CC2(CCC2)c2ccc(Br)cc21. The Kier molecular flexibility index (Phi) is 1.73. The van der Waals surface area contributed by atoms with E-state index >= 15 is 0 Å². The summed E-state index contributed by atoms with van der Waals surface area (Å²) in [6, 6.07) is 6.74. The minimum atomic E-state index is 0.519. The number of benzene rings is 1. The summed E-state index contributed by atoms with van der Waals surface area (Å²) < 4.78 is 1.19. The molecule has 1 spiro atoms. The van der Waals surface area contributed by atoms with E-state index < -0.39 is 0 Å².